The Morgan fingerprint density at radius 2 is 1.85 bits per heavy atom. The number of benzene rings is 1. The summed E-state index contributed by atoms with van der Waals surface area (Å²) < 4.78 is 38.9. The van der Waals surface area contributed by atoms with E-state index in [2.05, 4.69) is 20.6 Å². The van der Waals surface area contributed by atoms with Gasteiger partial charge in [0.05, 0.1) is 0 Å². The van der Waals surface area contributed by atoms with Crippen LogP contribution in [-0.2, 0) is 16.6 Å². The van der Waals surface area contributed by atoms with Crippen LogP contribution in [0, 0.1) is 0 Å². The fourth-order valence-corrected chi connectivity index (χ4v) is 2.59. The molecule has 2 aromatic heterocycles. The first-order valence-electron chi connectivity index (χ1n) is 8.00. The molecule has 1 aromatic carbocycles. The van der Waals surface area contributed by atoms with E-state index < -0.39 is 24.0 Å². The highest BCUT2D eigenvalue weighted by Gasteiger charge is 2.35. The summed E-state index contributed by atoms with van der Waals surface area (Å²) in [6.45, 7) is 1.55. The Labute approximate surface area is 151 Å². The van der Waals surface area contributed by atoms with Crippen molar-refractivity contribution in [1.29, 1.82) is 0 Å². The number of nitrogens with one attached hydrogen (secondary N) is 1. The van der Waals surface area contributed by atoms with E-state index in [1.165, 1.54) is 12.1 Å². The van der Waals surface area contributed by atoms with E-state index in [4.69, 9.17) is 0 Å². The minimum absolute atomic E-state index is 0.0123. The lowest BCUT2D eigenvalue weighted by molar-refractivity contribution is -0.142. The third-order valence-electron chi connectivity index (χ3n) is 4.19. The van der Waals surface area contributed by atoms with Crippen LogP contribution in [0.3, 0.4) is 0 Å². The van der Waals surface area contributed by atoms with Gasteiger partial charge in [-0.2, -0.15) is 17.7 Å². The molecule has 2 N–H and O–H groups in total. The summed E-state index contributed by atoms with van der Waals surface area (Å²) in [4.78, 5) is 11.8. The van der Waals surface area contributed by atoms with Gasteiger partial charge in [-0.25, -0.2) is 0 Å². The average molecular weight is 379 g/mol. The Kier molecular flexibility index (Phi) is 4.73. The number of alkyl halides is 3. The van der Waals surface area contributed by atoms with Crippen molar-refractivity contribution in [3.8, 4) is 0 Å². The van der Waals surface area contributed by atoms with Gasteiger partial charge in [-0.05, 0) is 24.6 Å². The van der Waals surface area contributed by atoms with Gasteiger partial charge in [0.1, 0.15) is 17.7 Å². The zero-order chi connectivity index (χ0) is 19.7. The number of aromatic nitrogens is 4. The first-order chi connectivity index (χ1) is 12.7. The molecule has 1 unspecified atom stereocenters. The largest absolute Gasteiger partial charge is 0.481 e. The predicted octanol–water partition coefficient (Wildman–Crippen LogP) is 2.68. The summed E-state index contributed by atoms with van der Waals surface area (Å²) >= 11 is 0. The van der Waals surface area contributed by atoms with E-state index in [-0.39, 0.29) is 23.8 Å². The number of fused-ring (bicyclic) bond motifs is 1. The molecule has 3 aromatic rings. The third-order valence-corrected chi connectivity index (χ3v) is 4.19. The standard InChI is InChI=1S/C17H16F3N5O2/c1-16(15(26)27,11-5-3-2-4-6-11)10-21-12-7-8-13-22-23-14(25(13)24-12)9-17(18,19)20/h2-8H,9-10H2,1H3,(H,21,24)(H,26,27). The van der Waals surface area contributed by atoms with Gasteiger partial charge in [0, 0.05) is 6.54 Å². The molecule has 0 amide bonds. The maximum absolute atomic E-state index is 12.6. The van der Waals surface area contributed by atoms with Crippen LogP contribution in [0.5, 0.6) is 0 Å². The number of carbonyl (C=O) groups is 1. The Morgan fingerprint density at radius 3 is 2.48 bits per heavy atom. The van der Waals surface area contributed by atoms with Gasteiger partial charge < -0.3 is 10.4 Å². The first-order valence-corrected chi connectivity index (χ1v) is 8.00. The number of anilines is 1. The van der Waals surface area contributed by atoms with Crippen LogP contribution in [0.4, 0.5) is 19.0 Å². The van der Waals surface area contributed by atoms with Crippen molar-refractivity contribution in [3.63, 3.8) is 0 Å². The quantitative estimate of drug-likeness (QED) is 0.684. The minimum Gasteiger partial charge on any atom is -0.481 e. The summed E-state index contributed by atoms with van der Waals surface area (Å²) in [6.07, 6.45) is -5.70. The van der Waals surface area contributed by atoms with E-state index in [0.29, 0.717) is 5.56 Å². The smallest absolute Gasteiger partial charge is 0.396 e. The van der Waals surface area contributed by atoms with Gasteiger partial charge in [0.15, 0.2) is 11.5 Å². The van der Waals surface area contributed by atoms with Gasteiger partial charge in [0.2, 0.25) is 0 Å². The molecule has 142 valence electrons. The number of aliphatic carboxylic acids is 1. The van der Waals surface area contributed by atoms with E-state index in [1.54, 1.807) is 37.3 Å². The molecule has 1 atom stereocenters. The number of nitrogens with zero attached hydrogens (tertiary/aromatic N) is 4. The van der Waals surface area contributed by atoms with Crippen molar-refractivity contribution < 1.29 is 23.1 Å². The molecule has 2 heterocycles. The Hall–Kier alpha value is -3.17. The summed E-state index contributed by atoms with van der Waals surface area (Å²) in [6, 6.07) is 11.6. The fourth-order valence-electron chi connectivity index (χ4n) is 2.59. The second-order valence-electron chi connectivity index (χ2n) is 6.25. The summed E-state index contributed by atoms with van der Waals surface area (Å²) in [7, 11) is 0. The second-order valence-corrected chi connectivity index (χ2v) is 6.25. The summed E-state index contributed by atoms with van der Waals surface area (Å²) in [5, 5.41) is 23.8. The molecular formula is C17H16F3N5O2. The minimum atomic E-state index is -4.44. The van der Waals surface area contributed by atoms with Crippen LogP contribution in [0.15, 0.2) is 42.5 Å². The van der Waals surface area contributed by atoms with Gasteiger partial charge in [0.25, 0.3) is 0 Å². The molecule has 0 aliphatic rings. The monoisotopic (exact) mass is 379 g/mol. The summed E-state index contributed by atoms with van der Waals surface area (Å²) in [5.74, 6) is -1.16. The summed E-state index contributed by atoms with van der Waals surface area (Å²) in [5.41, 5.74) is -0.489. The van der Waals surface area contributed by atoms with Crippen molar-refractivity contribution in [2.45, 2.75) is 24.9 Å². The van der Waals surface area contributed by atoms with Crippen molar-refractivity contribution in [2.24, 2.45) is 0 Å². The van der Waals surface area contributed by atoms with Gasteiger partial charge in [-0.15, -0.1) is 15.3 Å². The Morgan fingerprint density at radius 1 is 1.15 bits per heavy atom. The van der Waals surface area contributed by atoms with Crippen molar-refractivity contribution >= 4 is 17.4 Å². The maximum Gasteiger partial charge on any atom is 0.396 e. The lowest BCUT2D eigenvalue weighted by Gasteiger charge is -2.26. The molecule has 0 bridgehead atoms. The molecule has 0 aliphatic heterocycles. The van der Waals surface area contributed by atoms with Crippen LogP contribution >= 0.6 is 0 Å². The molecule has 0 fully saturated rings. The van der Waals surface area contributed by atoms with Gasteiger partial charge in [-0.3, -0.25) is 4.79 Å². The van der Waals surface area contributed by atoms with E-state index in [0.717, 1.165) is 4.52 Å². The van der Waals surface area contributed by atoms with Gasteiger partial charge in [-0.1, -0.05) is 30.3 Å². The lowest BCUT2D eigenvalue weighted by atomic mass is 9.82. The SMILES string of the molecule is CC(CNc1ccc2nnc(CC(F)(F)F)n2n1)(C(=O)O)c1ccccc1. The van der Waals surface area contributed by atoms with E-state index in [1.807, 2.05) is 0 Å². The molecule has 10 heteroatoms. The molecule has 0 spiro atoms. The van der Waals surface area contributed by atoms with Crippen LogP contribution in [0.25, 0.3) is 5.65 Å². The number of halogens is 3. The number of hydrogen-bond donors (Lipinski definition) is 2. The molecule has 7 nitrogen and oxygen atoms in total. The average Bonchev–Trinajstić information content (AvgIpc) is 3.00. The molecule has 0 radical (unpaired) electrons. The van der Waals surface area contributed by atoms with Gasteiger partial charge >= 0.3 is 12.1 Å². The highest BCUT2D eigenvalue weighted by Crippen LogP contribution is 2.25. The van der Waals surface area contributed by atoms with Crippen molar-refractivity contribution in [3.05, 3.63) is 53.9 Å². The maximum atomic E-state index is 12.6. The predicted molar refractivity (Wildman–Crippen MR) is 90.5 cm³/mol. The number of hydrogen-bond acceptors (Lipinski definition) is 5. The Bertz CT molecular complexity index is 958. The molecule has 27 heavy (non-hydrogen) atoms. The van der Waals surface area contributed by atoms with Crippen LogP contribution in [0.2, 0.25) is 0 Å². The molecule has 3 rings (SSSR count). The number of carboxylic acid groups (broad SMARTS) is 1. The van der Waals surface area contributed by atoms with Crippen LogP contribution in [-0.4, -0.2) is 43.6 Å². The van der Waals surface area contributed by atoms with E-state index >= 15 is 0 Å². The van der Waals surface area contributed by atoms with E-state index in [9.17, 15) is 23.1 Å². The molecule has 0 aliphatic carbocycles. The van der Waals surface area contributed by atoms with Crippen LogP contribution < -0.4 is 5.32 Å². The third kappa shape index (κ3) is 3.99. The van der Waals surface area contributed by atoms with Crippen molar-refractivity contribution in [1.82, 2.24) is 19.8 Å². The number of rotatable bonds is 6. The Balaban J connectivity index is 1.85. The van der Waals surface area contributed by atoms with Crippen LogP contribution in [0.1, 0.15) is 18.3 Å². The fraction of sp³-hybridized carbons (Fsp3) is 0.294. The topological polar surface area (TPSA) is 92.4 Å². The molecule has 0 saturated heterocycles. The highest BCUT2D eigenvalue weighted by atomic mass is 19.4. The molecular weight excluding hydrogens is 363 g/mol. The first kappa shape index (κ1) is 18.6. The van der Waals surface area contributed by atoms with Crippen molar-refractivity contribution in [2.75, 3.05) is 11.9 Å². The zero-order valence-electron chi connectivity index (χ0n) is 14.2. The zero-order valence-corrected chi connectivity index (χ0v) is 14.2. The second kappa shape index (κ2) is 6.86. The number of carboxylic acids is 1. The molecule has 0 saturated carbocycles. The highest BCUT2D eigenvalue weighted by molar-refractivity contribution is 5.81. The lowest BCUT2D eigenvalue weighted by Crippen LogP contribution is -2.39. The normalized spacial score (nSPS) is 14.1.